The Balaban J connectivity index is 0.00000132. The van der Waals surface area contributed by atoms with E-state index < -0.39 is 0 Å². The first-order valence-electron chi connectivity index (χ1n) is 7.26. The van der Waals surface area contributed by atoms with Gasteiger partial charge in [-0.25, -0.2) is 0 Å². The van der Waals surface area contributed by atoms with Crippen LogP contribution < -0.4 is 5.73 Å². The average molecular weight is 357 g/mol. The predicted molar refractivity (Wildman–Crippen MR) is 96.0 cm³/mol. The first-order chi connectivity index (χ1) is 10.1. The minimum Gasteiger partial charge on any atom is -0.399 e. The highest BCUT2D eigenvalue weighted by molar-refractivity contribution is 5.85. The third-order valence-electron chi connectivity index (χ3n) is 4.02. The van der Waals surface area contributed by atoms with Crippen LogP contribution in [0.5, 0.6) is 0 Å². The van der Waals surface area contributed by atoms with Crippen LogP contribution in [0.4, 0.5) is 5.69 Å². The fourth-order valence-corrected chi connectivity index (χ4v) is 2.94. The number of carbonyl (C=O) groups is 1. The lowest BCUT2D eigenvalue weighted by Gasteiger charge is -2.24. The lowest BCUT2D eigenvalue weighted by molar-refractivity contribution is -0.131. The lowest BCUT2D eigenvalue weighted by Crippen LogP contribution is -2.31. The smallest absolute Gasteiger partial charge is 0.227 e. The summed E-state index contributed by atoms with van der Waals surface area (Å²) in [6.45, 7) is 0.827. The van der Waals surface area contributed by atoms with Gasteiger partial charge in [0.05, 0.1) is 18.7 Å². The Hall–Kier alpha value is -1.72. The number of likely N-dealkylation sites (tertiary alicyclic amines) is 1. The highest BCUT2D eigenvalue weighted by atomic mass is 35.5. The van der Waals surface area contributed by atoms with Crippen molar-refractivity contribution in [3.8, 4) is 0 Å². The molecule has 1 fully saturated rings. The molecule has 0 saturated carbocycles. The molecule has 7 heteroatoms. The van der Waals surface area contributed by atoms with Crippen molar-refractivity contribution in [2.45, 2.75) is 25.3 Å². The number of nitrogen functional groups attached to an aromatic ring is 1. The summed E-state index contributed by atoms with van der Waals surface area (Å²) in [5.41, 5.74) is 8.53. The zero-order chi connectivity index (χ0) is 14.8. The summed E-state index contributed by atoms with van der Waals surface area (Å²) in [4.78, 5) is 14.5. The maximum Gasteiger partial charge on any atom is 0.227 e. The van der Waals surface area contributed by atoms with E-state index in [2.05, 4.69) is 5.10 Å². The van der Waals surface area contributed by atoms with Crippen molar-refractivity contribution in [2.75, 3.05) is 12.3 Å². The average Bonchev–Trinajstić information content (AvgIpc) is 3.09. The number of carbonyl (C=O) groups excluding carboxylic acids is 1. The maximum atomic E-state index is 12.6. The molecule has 3 rings (SSSR count). The number of hydrogen-bond donors (Lipinski definition) is 1. The van der Waals surface area contributed by atoms with Crippen LogP contribution >= 0.6 is 24.8 Å². The van der Waals surface area contributed by atoms with E-state index in [4.69, 9.17) is 5.73 Å². The minimum atomic E-state index is 0. The highest BCUT2D eigenvalue weighted by Crippen LogP contribution is 2.32. The summed E-state index contributed by atoms with van der Waals surface area (Å²) in [7, 11) is 1.90. The molecule has 1 saturated heterocycles. The van der Waals surface area contributed by atoms with Crippen LogP contribution in [0.15, 0.2) is 36.7 Å². The Morgan fingerprint density at radius 1 is 1.30 bits per heavy atom. The second-order valence-corrected chi connectivity index (χ2v) is 5.61. The molecule has 1 amide bonds. The Morgan fingerprint density at radius 3 is 2.61 bits per heavy atom. The molecule has 1 aromatic heterocycles. The molecule has 2 aromatic rings. The van der Waals surface area contributed by atoms with Crippen LogP contribution in [0.2, 0.25) is 0 Å². The van der Waals surface area contributed by atoms with Gasteiger partial charge in [0.25, 0.3) is 0 Å². The van der Waals surface area contributed by atoms with Crippen molar-refractivity contribution in [1.82, 2.24) is 14.7 Å². The number of benzene rings is 1. The predicted octanol–water partition coefficient (Wildman–Crippen LogP) is 2.75. The molecule has 0 bridgehead atoms. The van der Waals surface area contributed by atoms with E-state index >= 15 is 0 Å². The summed E-state index contributed by atoms with van der Waals surface area (Å²) < 4.78 is 1.79. The number of nitrogens with zero attached hydrogens (tertiary/aromatic N) is 3. The van der Waals surface area contributed by atoms with Gasteiger partial charge in [-0.15, -0.1) is 24.8 Å². The topological polar surface area (TPSA) is 64.2 Å². The molecule has 0 spiro atoms. The van der Waals surface area contributed by atoms with Crippen molar-refractivity contribution in [3.63, 3.8) is 0 Å². The lowest BCUT2D eigenvalue weighted by atomic mass is 10.1. The fourth-order valence-electron chi connectivity index (χ4n) is 2.94. The minimum absolute atomic E-state index is 0. The third kappa shape index (κ3) is 4.39. The Labute approximate surface area is 148 Å². The van der Waals surface area contributed by atoms with Gasteiger partial charge in [0, 0.05) is 31.0 Å². The van der Waals surface area contributed by atoms with Crippen LogP contribution in [0, 0.1) is 0 Å². The third-order valence-corrected chi connectivity index (χ3v) is 4.02. The van der Waals surface area contributed by atoms with Crippen molar-refractivity contribution in [2.24, 2.45) is 7.05 Å². The summed E-state index contributed by atoms with van der Waals surface area (Å²) in [5, 5.41) is 4.21. The highest BCUT2D eigenvalue weighted by Gasteiger charge is 2.30. The number of anilines is 1. The molecule has 0 aliphatic carbocycles. The second-order valence-electron chi connectivity index (χ2n) is 5.61. The molecule has 1 aromatic carbocycles. The molecule has 2 N–H and O–H groups in total. The molecule has 1 unspecified atom stereocenters. The fraction of sp³-hybridized carbons (Fsp3) is 0.375. The van der Waals surface area contributed by atoms with Gasteiger partial charge in [0.15, 0.2) is 0 Å². The van der Waals surface area contributed by atoms with Gasteiger partial charge >= 0.3 is 0 Å². The monoisotopic (exact) mass is 356 g/mol. The number of aromatic nitrogens is 2. The van der Waals surface area contributed by atoms with Gasteiger partial charge in [0.1, 0.15) is 0 Å². The number of nitrogens with two attached hydrogens (primary N) is 1. The first-order valence-corrected chi connectivity index (χ1v) is 7.26. The van der Waals surface area contributed by atoms with Crippen LogP contribution in [0.1, 0.15) is 30.0 Å². The van der Waals surface area contributed by atoms with Gasteiger partial charge < -0.3 is 10.6 Å². The standard InChI is InChI=1S/C16H20N4O.2ClH/c1-19-11-13(10-18-19)15-3-2-8-20(15)16(21)9-12-4-6-14(17)7-5-12;;/h4-7,10-11,15H,2-3,8-9,17H2,1H3;2*1H. The van der Waals surface area contributed by atoms with E-state index in [-0.39, 0.29) is 36.8 Å². The van der Waals surface area contributed by atoms with Gasteiger partial charge in [-0.1, -0.05) is 12.1 Å². The van der Waals surface area contributed by atoms with Crippen LogP contribution in [-0.2, 0) is 18.3 Å². The van der Waals surface area contributed by atoms with Crippen molar-refractivity contribution >= 4 is 36.4 Å². The Kier molecular flexibility index (Phi) is 6.91. The van der Waals surface area contributed by atoms with E-state index in [1.54, 1.807) is 4.68 Å². The number of hydrogen-bond acceptors (Lipinski definition) is 3. The number of aryl methyl sites for hydroxylation is 1. The molecular formula is C16H22Cl2N4O. The Morgan fingerprint density at radius 2 is 2.00 bits per heavy atom. The molecular weight excluding hydrogens is 335 g/mol. The van der Waals surface area contributed by atoms with E-state index in [9.17, 15) is 4.79 Å². The molecule has 2 heterocycles. The zero-order valence-electron chi connectivity index (χ0n) is 13.0. The van der Waals surface area contributed by atoms with Crippen LogP contribution in [0.25, 0.3) is 0 Å². The van der Waals surface area contributed by atoms with Crippen molar-refractivity contribution in [1.29, 1.82) is 0 Å². The molecule has 1 aliphatic heterocycles. The van der Waals surface area contributed by atoms with Crippen molar-refractivity contribution in [3.05, 3.63) is 47.8 Å². The summed E-state index contributed by atoms with van der Waals surface area (Å²) in [6.07, 6.45) is 6.35. The van der Waals surface area contributed by atoms with Gasteiger partial charge in [-0.05, 0) is 30.5 Å². The number of rotatable bonds is 3. The number of halogens is 2. The van der Waals surface area contributed by atoms with E-state index in [1.165, 1.54) is 0 Å². The Bertz CT molecular complexity index is 642. The summed E-state index contributed by atoms with van der Waals surface area (Å²) >= 11 is 0. The molecule has 23 heavy (non-hydrogen) atoms. The molecule has 1 atom stereocenters. The van der Waals surface area contributed by atoms with Crippen LogP contribution in [0.3, 0.4) is 0 Å². The van der Waals surface area contributed by atoms with Gasteiger partial charge in [-0.3, -0.25) is 9.48 Å². The van der Waals surface area contributed by atoms with Gasteiger partial charge in [0.2, 0.25) is 5.91 Å². The van der Waals surface area contributed by atoms with Crippen LogP contribution in [-0.4, -0.2) is 27.1 Å². The summed E-state index contributed by atoms with van der Waals surface area (Å²) in [5.74, 6) is 0.172. The second kappa shape index (κ2) is 8.22. The van der Waals surface area contributed by atoms with E-state index in [0.29, 0.717) is 6.42 Å². The largest absolute Gasteiger partial charge is 0.399 e. The quantitative estimate of drug-likeness (QED) is 0.859. The molecule has 126 valence electrons. The maximum absolute atomic E-state index is 12.6. The number of amides is 1. The molecule has 0 radical (unpaired) electrons. The van der Waals surface area contributed by atoms with E-state index in [0.717, 1.165) is 36.2 Å². The van der Waals surface area contributed by atoms with E-state index in [1.807, 2.05) is 48.6 Å². The van der Waals surface area contributed by atoms with Crippen molar-refractivity contribution < 1.29 is 4.79 Å². The molecule has 5 nitrogen and oxygen atoms in total. The first kappa shape index (κ1) is 19.3. The molecule has 1 aliphatic rings. The normalized spacial score (nSPS) is 16.6. The summed E-state index contributed by atoms with van der Waals surface area (Å²) in [6, 6.07) is 7.68. The van der Waals surface area contributed by atoms with Gasteiger partial charge in [-0.2, -0.15) is 5.10 Å². The zero-order valence-corrected chi connectivity index (χ0v) is 14.6. The SMILES string of the molecule is Cl.Cl.Cn1cc(C2CCCN2C(=O)Cc2ccc(N)cc2)cn1.